The summed E-state index contributed by atoms with van der Waals surface area (Å²) in [6.07, 6.45) is 2.76. The molecule has 0 saturated carbocycles. The first-order valence-electron chi connectivity index (χ1n) is 9.18. The second-order valence-electron chi connectivity index (χ2n) is 8.90. The van der Waals surface area contributed by atoms with Crippen molar-refractivity contribution in [3.8, 4) is 16.9 Å². The van der Waals surface area contributed by atoms with Gasteiger partial charge in [0.2, 0.25) is 0 Å². The molecule has 0 atom stereocenters. The largest absolute Gasteiger partial charge is 0.496 e. The lowest BCUT2D eigenvalue weighted by molar-refractivity contribution is -0.131. The number of ether oxygens (including phenoxy) is 1. The van der Waals surface area contributed by atoms with Gasteiger partial charge in [-0.25, -0.2) is 4.79 Å². The third kappa shape index (κ3) is 5.00. The van der Waals surface area contributed by atoms with Gasteiger partial charge in [0.05, 0.1) is 7.11 Å². The molecule has 0 unspecified atom stereocenters. The van der Waals surface area contributed by atoms with Gasteiger partial charge in [-0.3, -0.25) is 0 Å². The zero-order valence-corrected chi connectivity index (χ0v) is 17.4. The van der Waals surface area contributed by atoms with E-state index in [0.717, 1.165) is 28.5 Å². The van der Waals surface area contributed by atoms with Crippen LogP contribution in [0.2, 0.25) is 0 Å². The van der Waals surface area contributed by atoms with Crippen molar-refractivity contribution >= 4 is 12.0 Å². The highest BCUT2D eigenvalue weighted by atomic mass is 16.5. The fourth-order valence-electron chi connectivity index (χ4n) is 3.03. The number of hydrogen-bond acceptors (Lipinski definition) is 2. The van der Waals surface area contributed by atoms with Crippen LogP contribution in [0.25, 0.3) is 17.2 Å². The minimum Gasteiger partial charge on any atom is -0.496 e. The molecule has 3 nitrogen and oxygen atoms in total. The van der Waals surface area contributed by atoms with E-state index in [9.17, 15) is 4.79 Å². The normalized spacial score (nSPS) is 12.4. The van der Waals surface area contributed by atoms with E-state index in [0.29, 0.717) is 0 Å². The minimum absolute atomic E-state index is 0.00183. The zero-order chi connectivity index (χ0) is 20.4. The van der Waals surface area contributed by atoms with Gasteiger partial charge in [0.25, 0.3) is 0 Å². The second-order valence-corrected chi connectivity index (χ2v) is 8.90. The summed E-state index contributed by atoms with van der Waals surface area (Å²) in [6, 6.07) is 12.3. The third-order valence-corrected chi connectivity index (χ3v) is 4.58. The van der Waals surface area contributed by atoms with Crippen molar-refractivity contribution in [2.75, 3.05) is 7.11 Å². The van der Waals surface area contributed by atoms with Gasteiger partial charge < -0.3 is 9.84 Å². The molecule has 0 saturated heterocycles. The summed E-state index contributed by atoms with van der Waals surface area (Å²) in [5.74, 6) is -0.0856. The summed E-state index contributed by atoms with van der Waals surface area (Å²) < 4.78 is 5.85. The quantitative estimate of drug-likeness (QED) is 0.670. The lowest BCUT2D eigenvalue weighted by Gasteiger charge is -2.29. The third-order valence-electron chi connectivity index (χ3n) is 4.58. The van der Waals surface area contributed by atoms with E-state index in [1.54, 1.807) is 13.2 Å². The predicted molar refractivity (Wildman–Crippen MR) is 112 cm³/mol. The second kappa shape index (κ2) is 7.59. The molecule has 27 heavy (non-hydrogen) atoms. The number of hydrogen-bond donors (Lipinski definition) is 1. The van der Waals surface area contributed by atoms with Crippen LogP contribution in [0.3, 0.4) is 0 Å². The Labute approximate surface area is 162 Å². The van der Waals surface area contributed by atoms with Crippen molar-refractivity contribution < 1.29 is 14.6 Å². The van der Waals surface area contributed by atoms with Crippen molar-refractivity contribution in [2.24, 2.45) is 0 Å². The maximum absolute atomic E-state index is 10.8. The highest BCUT2D eigenvalue weighted by Crippen LogP contribution is 2.42. The highest BCUT2D eigenvalue weighted by Gasteiger charge is 2.26. The Hall–Kier alpha value is -2.55. The summed E-state index contributed by atoms with van der Waals surface area (Å²) in [5, 5.41) is 8.89. The van der Waals surface area contributed by atoms with Crippen LogP contribution in [0.4, 0.5) is 0 Å². The van der Waals surface area contributed by atoms with E-state index in [1.165, 1.54) is 11.1 Å². The van der Waals surface area contributed by atoms with Gasteiger partial charge in [0.15, 0.2) is 0 Å². The van der Waals surface area contributed by atoms with E-state index in [2.05, 4.69) is 53.7 Å². The molecule has 0 spiro atoms. The van der Waals surface area contributed by atoms with Gasteiger partial charge in [-0.1, -0.05) is 65.8 Å². The van der Waals surface area contributed by atoms with Crippen molar-refractivity contribution in [2.45, 2.75) is 52.4 Å². The number of carboxylic acids is 1. The molecule has 2 aromatic carbocycles. The Morgan fingerprint density at radius 2 is 1.67 bits per heavy atom. The molecule has 3 heteroatoms. The summed E-state index contributed by atoms with van der Waals surface area (Å²) in [6.45, 7) is 13.2. The summed E-state index contributed by atoms with van der Waals surface area (Å²) >= 11 is 0. The molecule has 0 aliphatic rings. The number of methoxy groups -OCH3 is 1. The molecule has 0 aromatic heterocycles. The van der Waals surface area contributed by atoms with E-state index < -0.39 is 5.97 Å². The maximum atomic E-state index is 10.8. The van der Waals surface area contributed by atoms with Crippen LogP contribution in [0.15, 0.2) is 42.5 Å². The average molecular weight is 367 g/mol. The van der Waals surface area contributed by atoms with Crippen LogP contribution in [0, 0.1) is 0 Å². The fraction of sp³-hybridized carbons (Fsp3) is 0.375. The number of aliphatic carboxylic acids is 1. The topological polar surface area (TPSA) is 46.5 Å². The Kier molecular flexibility index (Phi) is 5.84. The molecule has 0 bridgehead atoms. The van der Waals surface area contributed by atoms with Crippen molar-refractivity contribution in [3.63, 3.8) is 0 Å². The van der Waals surface area contributed by atoms with Gasteiger partial charge >= 0.3 is 5.97 Å². The number of carbonyl (C=O) groups is 1. The molecule has 0 fully saturated rings. The van der Waals surface area contributed by atoms with Crippen LogP contribution >= 0.6 is 0 Å². The molecule has 2 rings (SSSR count). The van der Waals surface area contributed by atoms with Crippen LogP contribution in [-0.2, 0) is 15.6 Å². The Morgan fingerprint density at radius 3 is 2.19 bits per heavy atom. The maximum Gasteiger partial charge on any atom is 0.328 e. The molecule has 0 heterocycles. The van der Waals surface area contributed by atoms with E-state index >= 15 is 0 Å². The Balaban J connectivity index is 2.75. The molecule has 144 valence electrons. The molecule has 2 aromatic rings. The van der Waals surface area contributed by atoms with Crippen molar-refractivity contribution in [1.29, 1.82) is 0 Å². The minimum atomic E-state index is -0.956. The lowest BCUT2D eigenvalue weighted by atomic mass is 9.78. The first-order valence-corrected chi connectivity index (χ1v) is 9.18. The first kappa shape index (κ1) is 20.8. The van der Waals surface area contributed by atoms with E-state index in [1.807, 2.05) is 24.3 Å². The molecule has 1 N–H and O–H groups in total. The summed E-state index contributed by atoms with van der Waals surface area (Å²) in [5.41, 5.74) is 5.23. The van der Waals surface area contributed by atoms with Crippen LogP contribution in [0.1, 0.15) is 58.2 Å². The number of benzene rings is 2. The predicted octanol–water partition coefficient (Wildman–Crippen LogP) is 6.06. The Morgan fingerprint density at radius 1 is 1.00 bits per heavy atom. The standard InChI is InChI=1S/C24H30O3/c1-23(2,3)18-14-19(22(27-7)20(15-18)24(4,5)6)17-10-8-9-16(13-17)11-12-21(25)26/h8-15H,1-7H3,(H,25,26). The Bertz CT molecular complexity index is 862. The van der Waals surface area contributed by atoms with Crippen molar-refractivity contribution in [3.05, 3.63) is 59.2 Å². The van der Waals surface area contributed by atoms with E-state index in [4.69, 9.17) is 9.84 Å². The number of rotatable bonds is 4. The summed E-state index contributed by atoms with van der Waals surface area (Å²) in [7, 11) is 1.71. The molecule has 0 amide bonds. The number of carboxylic acid groups (broad SMARTS) is 1. The van der Waals surface area contributed by atoms with Crippen LogP contribution in [-0.4, -0.2) is 18.2 Å². The monoisotopic (exact) mass is 366 g/mol. The molecular formula is C24H30O3. The lowest BCUT2D eigenvalue weighted by Crippen LogP contribution is -2.18. The van der Waals surface area contributed by atoms with Gasteiger partial charge in [-0.15, -0.1) is 0 Å². The molecule has 0 radical (unpaired) electrons. The van der Waals surface area contributed by atoms with E-state index in [-0.39, 0.29) is 10.8 Å². The average Bonchev–Trinajstić information content (AvgIpc) is 2.57. The van der Waals surface area contributed by atoms with Gasteiger partial charge in [0.1, 0.15) is 5.75 Å². The van der Waals surface area contributed by atoms with Gasteiger partial charge in [0, 0.05) is 17.2 Å². The first-order chi connectivity index (χ1) is 12.4. The fourth-order valence-corrected chi connectivity index (χ4v) is 3.03. The van der Waals surface area contributed by atoms with Crippen LogP contribution < -0.4 is 4.74 Å². The smallest absolute Gasteiger partial charge is 0.328 e. The molecular weight excluding hydrogens is 336 g/mol. The SMILES string of the molecule is COc1c(-c2cccc(C=CC(=O)O)c2)cc(C(C)(C)C)cc1C(C)(C)C. The summed E-state index contributed by atoms with van der Waals surface area (Å²) in [4.78, 5) is 10.8. The highest BCUT2D eigenvalue weighted by molar-refractivity contribution is 5.86. The zero-order valence-electron chi connectivity index (χ0n) is 17.4. The van der Waals surface area contributed by atoms with Crippen LogP contribution in [0.5, 0.6) is 5.75 Å². The molecule has 0 aliphatic heterocycles. The van der Waals surface area contributed by atoms with Gasteiger partial charge in [-0.05, 0) is 45.7 Å². The van der Waals surface area contributed by atoms with Crippen molar-refractivity contribution in [1.82, 2.24) is 0 Å². The van der Waals surface area contributed by atoms with Gasteiger partial charge in [-0.2, -0.15) is 0 Å². The molecule has 0 aliphatic carbocycles.